The van der Waals surface area contributed by atoms with Gasteiger partial charge >= 0.3 is 0 Å². The van der Waals surface area contributed by atoms with Crippen molar-refractivity contribution < 1.29 is 9.84 Å². The number of aromatic nitrogens is 1. The zero-order valence-electron chi connectivity index (χ0n) is 8.58. The lowest BCUT2D eigenvalue weighted by Gasteiger charge is -2.10. The van der Waals surface area contributed by atoms with Crippen molar-refractivity contribution in [1.29, 1.82) is 0 Å². The van der Waals surface area contributed by atoms with Crippen LogP contribution in [0.2, 0.25) is 0 Å². The van der Waals surface area contributed by atoms with Gasteiger partial charge < -0.3 is 15.2 Å². The number of pyridine rings is 1. The number of rotatable bonds is 5. The predicted octanol–water partition coefficient (Wildman–Crippen LogP) is 1.40. The normalized spacial score (nSPS) is 9.93. The highest BCUT2D eigenvalue weighted by atomic mass is 16.5. The molecule has 4 nitrogen and oxygen atoms in total. The summed E-state index contributed by atoms with van der Waals surface area (Å²) >= 11 is 0. The highest BCUT2D eigenvalue weighted by Gasteiger charge is 2.04. The van der Waals surface area contributed by atoms with Crippen molar-refractivity contribution >= 4 is 5.82 Å². The first kappa shape index (κ1) is 10.8. The van der Waals surface area contributed by atoms with Crippen LogP contribution in [-0.4, -0.2) is 23.2 Å². The average Bonchev–Trinajstić information content (AvgIpc) is 2.21. The topological polar surface area (TPSA) is 54.4 Å². The first-order valence-corrected chi connectivity index (χ1v) is 4.78. The molecule has 2 N–H and O–H groups in total. The zero-order chi connectivity index (χ0) is 10.4. The Morgan fingerprint density at radius 3 is 2.86 bits per heavy atom. The van der Waals surface area contributed by atoms with Gasteiger partial charge in [-0.05, 0) is 25.5 Å². The number of anilines is 1. The van der Waals surface area contributed by atoms with Crippen molar-refractivity contribution in [2.24, 2.45) is 0 Å². The lowest BCUT2D eigenvalue weighted by Crippen LogP contribution is -2.04. The Hall–Kier alpha value is -1.29. The van der Waals surface area contributed by atoms with E-state index in [1.807, 2.05) is 13.8 Å². The van der Waals surface area contributed by atoms with Crippen LogP contribution in [0.15, 0.2) is 12.3 Å². The van der Waals surface area contributed by atoms with Gasteiger partial charge in [0.05, 0.1) is 13.2 Å². The predicted molar refractivity (Wildman–Crippen MR) is 55.5 cm³/mol. The third-order valence-corrected chi connectivity index (χ3v) is 1.74. The molecule has 0 bridgehead atoms. The molecule has 0 unspecified atom stereocenters. The molecule has 0 radical (unpaired) electrons. The quantitative estimate of drug-likeness (QED) is 0.747. The van der Waals surface area contributed by atoms with E-state index in [1.165, 1.54) is 0 Å². The summed E-state index contributed by atoms with van der Waals surface area (Å²) in [5, 5.41) is 12.0. The van der Waals surface area contributed by atoms with Crippen LogP contribution >= 0.6 is 0 Å². The molecule has 0 atom stereocenters. The van der Waals surface area contributed by atoms with Gasteiger partial charge in [-0.2, -0.15) is 0 Å². The third-order valence-electron chi connectivity index (χ3n) is 1.74. The maximum atomic E-state index is 8.94. The maximum Gasteiger partial charge on any atom is 0.168 e. The second-order valence-electron chi connectivity index (χ2n) is 2.81. The molecule has 0 aliphatic rings. The number of aliphatic hydroxyl groups excluding tert-OH is 1. The van der Waals surface area contributed by atoms with Gasteiger partial charge in [0, 0.05) is 12.7 Å². The Balaban J connectivity index is 2.91. The van der Waals surface area contributed by atoms with E-state index < -0.39 is 0 Å². The number of aliphatic hydroxyl groups is 1. The van der Waals surface area contributed by atoms with Gasteiger partial charge in [-0.25, -0.2) is 4.98 Å². The number of ether oxygens (including phenoxy) is 1. The van der Waals surface area contributed by atoms with Crippen molar-refractivity contribution in [3.8, 4) is 5.75 Å². The molecule has 78 valence electrons. The summed E-state index contributed by atoms with van der Waals surface area (Å²) in [6.45, 7) is 5.29. The number of hydrogen-bond donors (Lipinski definition) is 2. The van der Waals surface area contributed by atoms with Crippen molar-refractivity contribution in [3.63, 3.8) is 0 Å². The fourth-order valence-corrected chi connectivity index (χ4v) is 1.14. The first-order valence-electron chi connectivity index (χ1n) is 4.78. The lowest BCUT2D eigenvalue weighted by molar-refractivity contribution is 0.279. The van der Waals surface area contributed by atoms with Gasteiger partial charge in [-0.3, -0.25) is 0 Å². The highest BCUT2D eigenvalue weighted by molar-refractivity contribution is 5.50. The lowest BCUT2D eigenvalue weighted by atomic mass is 10.3. The first-order chi connectivity index (χ1) is 6.81. The molecule has 1 aromatic rings. The molecule has 4 heteroatoms. The Bertz CT molecular complexity index is 289. The molecule has 0 aliphatic carbocycles. The molecule has 1 rings (SSSR count). The molecular formula is C10H16N2O2. The minimum atomic E-state index is -0.0144. The molecule has 14 heavy (non-hydrogen) atoms. The van der Waals surface area contributed by atoms with E-state index in [0.717, 1.165) is 17.9 Å². The summed E-state index contributed by atoms with van der Waals surface area (Å²) in [4.78, 5) is 4.16. The van der Waals surface area contributed by atoms with Gasteiger partial charge in [0.15, 0.2) is 11.6 Å². The molecule has 1 heterocycles. The second-order valence-corrected chi connectivity index (χ2v) is 2.81. The van der Waals surface area contributed by atoms with E-state index >= 15 is 0 Å². The van der Waals surface area contributed by atoms with Crippen LogP contribution < -0.4 is 10.1 Å². The fourth-order valence-electron chi connectivity index (χ4n) is 1.14. The average molecular weight is 196 g/mol. The highest BCUT2D eigenvalue weighted by Crippen LogP contribution is 2.22. The van der Waals surface area contributed by atoms with Gasteiger partial charge in [0.2, 0.25) is 0 Å². The van der Waals surface area contributed by atoms with Crippen LogP contribution in [-0.2, 0) is 6.61 Å². The van der Waals surface area contributed by atoms with E-state index in [4.69, 9.17) is 9.84 Å². The summed E-state index contributed by atoms with van der Waals surface area (Å²) in [5.41, 5.74) is 0.759. The standard InChI is InChI=1S/C10H16N2O2/c1-3-11-10-9(14-4-2)5-8(7-13)6-12-10/h5-6,13H,3-4,7H2,1-2H3,(H,11,12). The van der Waals surface area contributed by atoms with Crippen LogP contribution in [0.4, 0.5) is 5.82 Å². The molecule has 1 aromatic heterocycles. The molecule has 0 saturated carbocycles. The van der Waals surface area contributed by atoms with E-state index in [-0.39, 0.29) is 6.61 Å². The Morgan fingerprint density at radius 1 is 1.50 bits per heavy atom. The van der Waals surface area contributed by atoms with E-state index in [9.17, 15) is 0 Å². The van der Waals surface area contributed by atoms with Gasteiger partial charge in [0.25, 0.3) is 0 Å². The SMILES string of the molecule is CCNc1ncc(CO)cc1OCC. The Labute approximate surface area is 83.9 Å². The monoisotopic (exact) mass is 196 g/mol. The molecule has 0 fully saturated rings. The zero-order valence-corrected chi connectivity index (χ0v) is 8.58. The van der Waals surface area contributed by atoms with Crippen LogP contribution in [0, 0.1) is 0 Å². The van der Waals surface area contributed by atoms with Gasteiger partial charge in [0.1, 0.15) is 0 Å². The molecule has 0 aliphatic heterocycles. The van der Waals surface area contributed by atoms with E-state index in [2.05, 4.69) is 10.3 Å². The second kappa shape index (κ2) is 5.44. The fraction of sp³-hybridized carbons (Fsp3) is 0.500. The Kier molecular flexibility index (Phi) is 4.19. The molecule has 0 amide bonds. The van der Waals surface area contributed by atoms with Crippen molar-refractivity contribution in [1.82, 2.24) is 4.98 Å². The Morgan fingerprint density at radius 2 is 2.29 bits per heavy atom. The number of hydrogen-bond acceptors (Lipinski definition) is 4. The van der Waals surface area contributed by atoms with Crippen LogP contribution in [0.25, 0.3) is 0 Å². The minimum Gasteiger partial charge on any atom is -0.490 e. The minimum absolute atomic E-state index is 0.0144. The summed E-state index contributed by atoms with van der Waals surface area (Å²) in [5.74, 6) is 1.42. The third kappa shape index (κ3) is 2.60. The number of nitrogens with zero attached hydrogens (tertiary/aromatic N) is 1. The van der Waals surface area contributed by atoms with E-state index in [1.54, 1.807) is 12.3 Å². The summed E-state index contributed by atoms with van der Waals surface area (Å²) in [6.07, 6.45) is 1.64. The molecule has 0 spiro atoms. The van der Waals surface area contributed by atoms with Crippen molar-refractivity contribution in [2.75, 3.05) is 18.5 Å². The van der Waals surface area contributed by atoms with Crippen molar-refractivity contribution in [2.45, 2.75) is 20.5 Å². The van der Waals surface area contributed by atoms with Crippen molar-refractivity contribution in [3.05, 3.63) is 17.8 Å². The molecular weight excluding hydrogens is 180 g/mol. The van der Waals surface area contributed by atoms with Crippen LogP contribution in [0.1, 0.15) is 19.4 Å². The summed E-state index contributed by atoms with van der Waals surface area (Å²) < 4.78 is 5.40. The van der Waals surface area contributed by atoms with Crippen LogP contribution in [0.3, 0.4) is 0 Å². The molecule has 0 aromatic carbocycles. The smallest absolute Gasteiger partial charge is 0.168 e. The van der Waals surface area contributed by atoms with Crippen LogP contribution in [0.5, 0.6) is 5.75 Å². The van der Waals surface area contributed by atoms with E-state index in [0.29, 0.717) is 12.4 Å². The summed E-state index contributed by atoms with van der Waals surface area (Å²) in [6, 6.07) is 1.80. The largest absolute Gasteiger partial charge is 0.490 e. The number of nitrogens with one attached hydrogen (secondary N) is 1. The maximum absolute atomic E-state index is 8.94. The van der Waals surface area contributed by atoms with Gasteiger partial charge in [-0.1, -0.05) is 0 Å². The van der Waals surface area contributed by atoms with Gasteiger partial charge in [-0.15, -0.1) is 0 Å². The summed E-state index contributed by atoms with van der Waals surface area (Å²) in [7, 11) is 0. The molecule has 0 saturated heterocycles.